The molecule has 2 heterocycles. The maximum absolute atomic E-state index is 12.7. The summed E-state index contributed by atoms with van der Waals surface area (Å²) in [5.41, 5.74) is 5.23. The van der Waals surface area contributed by atoms with Crippen LogP contribution in [0.1, 0.15) is 81.8 Å². The number of anilines is 1. The monoisotopic (exact) mass is 503 g/mol. The number of hydrogen-bond acceptors (Lipinski definition) is 4. The first-order valence-corrected chi connectivity index (χ1v) is 13.5. The van der Waals surface area contributed by atoms with Gasteiger partial charge in [-0.1, -0.05) is 44.2 Å². The van der Waals surface area contributed by atoms with Crippen molar-refractivity contribution in [1.29, 1.82) is 0 Å². The number of carbonyl (C=O) groups excluding carboxylic acids is 1. The van der Waals surface area contributed by atoms with Gasteiger partial charge < -0.3 is 14.4 Å². The van der Waals surface area contributed by atoms with Crippen LogP contribution < -0.4 is 4.90 Å². The minimum Gasteiger partial charge on any atom is -0.481 e. The molecule has 0 spiro atoms. The van der Waals surface area contributed by atoms with Gasteiger partial charge in [-0.3, -0.25) is 9.69 Å². The first-order chi connectivity index (χ1) is 17.8. The number of hydrogen-bond donors (Lipinski definition) is 1. The summed E-state index contributed by atoms with van der Waals surface area (Å²) in [7, 11) is 1.43. The highest BCUT2D eigenvalue weighted by Crippen LogP contribution is 2.43. The number of rotatable bonds is 5. The van der Waals surface area contributed by atoms with Crippen LogP contribution in [0.4, 0.5) is 10.5 Å². The third-order valence-corrected chi connectivity index (χ3v) is 8.37. The van der Waals surface area contributed by atoms with Crippen molar-refractivity contribution in [1.82, 2.24) is 9.55 Å². The minimum absolute atomic E-state index is 0.0537. The summed E-state index contributed by atoms with van der Waals surface area (Å²) in [6.45, 7) is 6.52. The molecule has 37 heavy (non-hydrogen) atoms. The molecule has 0 radical (unpaired) electrons. The van der Waals surface area contributed by atoms with Crippen molar-refractivity contribution >= 4 is 28.8 Å². The van der Waals surface area contributed by atoms with Gasteiger partial charge in [0, 0.05) is 23.6 Å². The predicted octanol–water partition coefficient (Wildman–Crippen LogP) is 6.55. The Morgan fingerprint density at radius 1 is 1.03 bits per heavy atom. The molecule has 1 saturated carbocycles. The zero-order valence-corrected chi connectivity index (χ0v) is 22.2. The highest BCUT2D eigenvalue weighted by molar-refractivity contribution is 5.95. The quantitative estimate of drug-likeness (QED) is 0.427. The molecule has 1 fully saturated rings. The summed E-state index contributed by atoms with van der Waals surface area (Å²) in [5, 5.41) is 9.57. The fourth-order valence-electron chi connectivity index (χ4n) is 6.47. The van der Waals surface area contributed by atoms with Gasteiger partial charge in [0.25, 0.3) is 0 Å². The second-order valence-electron chi connectivity index (χ2n) is 11.0. The van der Waals surface area contributed by atoms with Gasteiger partial charge in [-0.25, -0.2) is 9.78 Å². The first kappa shape index (κ1) is 25.3. The average Bonchev–Trinajstić information content (AvgIpc) is 3.27. The van der Waals surface area contributed by atoms with Gasteiger partial charge in [0.05, 0.1) is 29.7 Å². The second-order valence-corrected chi connectivity index (χ2v) is 11.0. The highest BCUT2D eigenvalue weighted by Gasteiger charge is 2.35. The van der Waals surface area contributed by atoms with Gasteiger partial charge in [-0.05, 0) is 69.1 Å². The third kappa shape index (κ3) is 4.49. The third-order valence-electron chi connectivity index (χ3n) is 8.37. The Morgan fingerprint density at radius 2 is 1.73 bits per heavy atom. The van der Waals surface area contributed by atoms with Crippen molar-refractivity contribution in [2.24, 2.45) is 11.8 Å². The lowest BCUT2D eigenvalue weighted by molar-refractivity contribution is -0.143. The van der Waals surface area contributed by atoms with E-state index in [0.717, 1.165) is 53.8 Å². The van der Waals surface area contributed by atoms with Gasteiger partial charge in [-0.2, -0.15) is 0 Å². The zero-order valence-electron chi connectivity index (χ0n) is 22.2. The molecule has 0 unspecified atom stereocenters. The number of aliphatic carboxylic acids is 1. The van der Waals surface area contributed by atoms with Crippen molar-refractivity contribution in [3.63, 3.8) is 0 Å². The molecule has 1 aliphatic carbocycles. The molecule has 1 aliphatic heterocycles. The van der Waals surface area contributed by atoms with Crippen molar-refractivity contribution < 1.29 is 19.4 Å². The molecule has 7 heteroatoms. The van der Waals surface area contributed by atoms with E-state index in [1.54, 1.807) is 4.90 Å². The predicted molar refractivity (Wildman–Crippen MR) is 144 cm³/mol. The molecule has 7 nitrogen and oxygen atoms in total. The van der Waals surface area contributed by atoms with E-state index < -0.39 is 5.97 Å². The normalized spacial score (nSPS) is 22.6. The molecular formula is C30H37N3O4. The Hall–Kier alpha value is -3.35. The van der Waals surface area contributed by atoms with Crippen LogP contribution in [0.3, 0.4) is 0 Å². The first-order valence-electron chi connectivity index (χ1n) is 13.5. The maximum atomic E-state index is 12.7. The largest absolute Gasteiger partial charge is 0.481 e. The van der Waals surface area contributed by atoms with E-state index in [1.165, 1.54) is 12.7 Å². The van der Waals surface area contributed by atoms with Gasteiger partial charge in [0.15, 0.2) is 0 Å². The summed E-state index contributed by atoms with van der Waals surface area (Å²) < 4.78 is 7.53. The van der Waals surface area contributed by atoms with Crippen LogP contribution in [-0.4, -0.2) is 39.9 Å². The number of carbonyl (C=O) groups is 2. The number of nitrogens with zero attached hydrogens (tertiary/aromatic N) is 3. The summed E-state index contributed by atoms with van der Waals surface area (Å²) in [6.07, 6.45) is 4.34. The Balaban J connectivity index is 1.70. The van der Waals surface area contributed by atoms with E-state index >= 15 is 0 Å². The van der Waals surface area contributed by atoms with Crippen LogP contribution in [0.2, 0.25) is 0 Å². The minimum atomic E-state index is -0.690. The zero-order chi connectivity index (χ0) is 26.3. The van der Waals surface area contributed by atoms with E-state index in [-0.39, 0.29) is 30.0 Å². The van der Waals surface area contributed by atoms with E-state index in [2.05, 4.69) is 55.7 Å². The van der Waals surface area contributed by atoms with Crippen LogP contribution in [-0.2, 0) is 16.0 Å². The molecular weight excluding hydrogens is 466 g/mol. The topological polar surface area (TPSA) is 84.7 Å². The van der Waals surface area contributed by atoms with Gasteiger partial charge in [0.2, 0.25) is 0 Å². The molecule has 2 aromatic carbocycles. The molecule has 0 saturated heterocycles. The number of methoxy groups -OCH3 is 1. The van der Waals surface area contributed by atoms with E-state index in [1.807, 2.05) is 12.1 Å². The van der Waals surface area contributed by atoms with E-state index in [4.69, 9.17) is 9.72 Å². The number of carboxylic acid groups (broad SMARTS) is 1. The summed E-state index contributed by atoms with van der Waals surface area (Å²) in [4.78, 5) is 31.5. The fraction of sp³-hybridized carbons (Fsp3) is 0.500. The van der Waals surface area contributed by atoms with E-state index in [0.29, 0.717) is 18.8 Å². The summed E-state index contributed by atoms with van der Waals surface area (Å²) in [6, 6.07) is 14.9. The number of aromatic nitrogens is 2. The molecule has 196 valence electrons. The van der Waals surface area contributed by atoms with Crippen molar-refractivity contribution in [2.75, 3.05) is 12.0 Å². The number of carboxylic acids is 1. The average molecular weight is 504 g/mol. The van der Waals surface area contributed by atoms with Crippen molar-refractivity contribution in [3.05, 3.63) is 59.4 Å². The standard InChI is InChI=1S/C30H37N3O4/c1-18(2)26(20-8-6-5-7-9-20)28-31-27-23-15-10-19(3)32(30(36)37-4)24(23)16-17-25(27)33(28)22-13-11-21(12-14-22)29(34)35/h5-9,16-19,21-22,26H,10-15H2,1-4H3,(H,34,35)/t19-,21?,22?,26+/m0/s1. The number of amides is 1. The molecule has 3 aromatic rings. The SMILES string of the molecule is COC(=O)N1c2ccc3c(nc([C@@H](c4ccccc4)C(C)C)n3C3CCC(C(=O)O)CC3)c2CC[C@@H]1C. The van der Waals surface area contributed by atoms with Crippen LogP contribution in [0.5, 0.6) is 0 Å². The molecule has 5 rings (SSSR count). The molecule has 0 bridgehead atoms. The number of benzene rings is 2. The lowest BCUT2D eigenvalue weighted by Crippen LogP contribution is -2.42. The molecule has 1 aromatic heterocycles. The molecule has 2 atom stereocenters. The molecule has 1 amide bonds. The lowest BCUT2D eigenvalue weighted by Gasteiger charge is -2.34. The highest BCUT2D eigenvalue weighted by atomic mass is 16.5. The summed E-state index contributed by atoms with van der Waals surface area (Å²) in [5.74, 6) is 0.486. The second kappa shape index (κ2) is 10.2. The van der Waals surface area contributed by atoms with Crippen LogP contribution >= 0.6 is 0 Å². The van der Waals surface area contributed by atoms with Crippen LogP contribution in [0.15, 0.2) is 42.5 Å². The van der Waals surface area contributed by atoms with Crippen molar-refractivity contribution in [2.45, 2.75) is 77.3 Å². The maximum Gasteiger partial charge on any atom is 0.414 e. The van der Waals surface area contributed by atoms with Crippen molar-refractivity contribution in [3.8, 4) is 0 Å². The fourth-order valence-corrected chi connectivity index (χ4v) is 6.47. The van der Waals surface area contributed by atoms with Crippen LogP contribution in [0, 0.1) is 11.8 Å². The van der Waals surface area contributed by atoms with Gasteiger partial charge in [0.1, 0.15) is 5.82 Å². The van der Waals surface area contributed by atoms with Gasteiger partial charge in [-0.15, -0.1) is 0 Å². The number of fused-ring (bicyclic) bond motifs is 3. The number of ether oxygens (including phenoxy) is 1. The molecule has 1 N–H and O–H groups in total. The van der Waals surface area contributed by atoms with Crippen LogP contribution in [0.25, 0.3) is 11.0 Å². The summed E-state index contributed by atoms with van der Waals surface area (Å²) >= 11 is 0. The molecule has 2 aliphatic rings. The lowest BCUT2D eigenvalue weighted by atomic mass is 9.84. The Bertz CT molecular complexity index is 1290. The number of imidazole rings is 1. The van der Waals surface area contributed by atoms with E-state index in [9.17, 15) is 14.7 Å². The van der Waals surface area contributed by atoms with Gasteiger partial charge >= 0.3 is 12.1 Å². The Labute approximate surface area is 218 Å². The Morgan fingerprint density at radius 3 is 2.35 bits per heavy atom. The Kier molecular flexibility index (Phi) is 6.97. The number of aryl methyl sites for hydroxylation is 1. The smallest absolute Gasteiger partial charge is 0.414 e.